The van der Waals surface area contributed by atoms with Gasteiger partial charge >= 0.3 is 0 Å². The van der Waals surface area contributed by atoms with Gasteiger partial charge in [-0.15, -0.1) is 0 Å². The van der Waals surface area contributed by atoms with Crippen LogP contribution in [0.3, 0.4) is 0 Å². The van der Waals surface area contributed by atoms with E-state index in [1.807, 2.05) is 6.92 Å². The fourth-order valence-corrected chi connectivity index (χ4v) is 1.69. The maximum atomic E-state index is 9.85. The third kappa shape index (κ3) is 4.18. The SMILES string of the molecule is COCC(O)CNC(C)c1ccc(OC)cc1O. The lowest BCUT2D eigenvalue weighted by Crippen LogP contribution is -2.31. The van der Waals surface area contributed by atoms with E-state index in [0.29, 0.717) is 12.3 Å². The summed E-state index contributed by atoms with van der Waals surface area (Å²) in [4.78, 5) is 0. The van der Waals surface area contributed by atoms with Crippen LogP contribution in [0.1, 0.15) is 18.5 Å². The second-order valence-corrected chi connectivity index (χ2v) is 4.16. The Morgan fingerprint density at radius 1 is 1.33 bits per heavy atom. The van der Waals surface area contributed by atoms with Crippen LogP contribution in [0.5, 0.6) is 11.5 Å². The van der Waals surface area contributed by atoms with Crippen LogP contribution in [-0.4, -0.2) is 43.7 Å². The molecule has 3 N–H and O–H groups in total. The molecule has 0 heterocycles. The molecule has 0 aliphatic carbocycles. The van der Waals surface area contributed by atoms with Gasteiger partial charge < -0.3 is 25.0 Å². The van der Waals surface area contributed by atoms with Gasteiger partial charge in [-0.3, -0.25) is 0 Å². The summed E-state index contributed by atoms with van der Waals surface area (Å²) in [6.45, 7) is 2.61. The smallest absolute Gasteiger partial charge is 0.124 e. The van der Waals surface area contributed by atoms with Gasteiger partial charge in [-0.1, -0.05) is 6.07 Å². The van der Waals surface area contributed by atoms with Gasteiger partial charge in [0.05, 0.1) is 19.8 Å². The van der Waals surface area contributed by atoms with Crippen molar-refractivity contribution >= 4 is 0 Å². The molecular weight excluding hydrogens is 234 g/mol. The topological polar surface area (TPSA) is 71.0 Å². The Labute approximate surface area is 107 Å². The Hall–Kier alpha value is -1.30. The van der Waals surface area contributed by atoms with Crippen molar-refractivity contribution in [2.75, 3.05) is 27.4 Å². The van der Waals surface area contributed by atoms with Crippen molar-refractivity contribution in [3.05, 3.63) is 23.8 Å². The number of rotatable bonds is 7. The molecule has 0 fully saturated rings. The molecule has 0 radical (unpaired) electrons. The number of phenolic OH excluding ortho intramolecular Hbond substituents is 1. The summed E-state index contributed by atoms with van der Waals surface area (Å²) >= 11 is 0. The molecule has 102 valence electrons. The molecule has 5 nitrogen and oxygen atoms in total. The van der Waals surface area contributed by atoms with E-state index in [1.54, 1.807) is 32.4 Å². The number of methoxy groups -OCH3 is 2. The van der Waals surface area contributed by atoms with Crippen LogP contribution in [0.2, 0.25) is 0 Å². The van der Waals surface area contributed by atoms with Crippen LogP contribution in [0, 0.1) is 0 Å². The molecular formula is C13H21NO4. The number of aromatic hydroxyl groups is 1. The van der Waals surface area contributed by atoms with Gasteiger partial charge in [0.1, 0.15) is 11.5 Å². The van der Waals surface area contributed by atoms with Crippen LogP contribution < -0.4 is 10.1 Å². The average Bonchev–Trinajstić information content (AvgIpc) is 2.36. The molecule has 5 heteroatoms. The van der Waals surface area contributed by atoms with E-state index in [4.69, 9.17) is 9.47 Å². The zero-order chi connectivity index (χ0) is 13.5. The standard InChI is InChI=1S/C13H21NO4/c1-9(14-7-10(15)8-17-2)12-5-4-11(18-3)6-13(12)16/h4-6,9-10,14-16H,7-8H2,1-3H3. The van der Waals surface area contributed by atoms with E-state index in [2.05, 4.69) is 5.32 Å². The number of benzene rings is 1. The second kappa shape index (κ2) is 7.20. The molecule has 2 unspecified atom stereocenters. The molecule has 0 saturated carbocycles. The highest BCUT2D eigenvalue weighted by Gasteiger charge is 2.12. The summed E-state index contributed by atoms with van der Waals surface area (Å²) in [5, 5.41) is 22.5. The van der Waals surface area contributed by atoms with Gasteiger partial charge in [-0.05, 0) is 13.0 Å². The first-order valence-electron chi connectivity index (χ1n) is 5.85. The van der Waals surface area contributed by atoms with E-state index in [-0.39, 0.29) is 18.4 Å². The number of hydrogen-bond donors (Lipinski definition) is 3. The van der Waals surface area contributed by atoms with Gasteiger partial charge in [-0.25, -0.2) is 0 Å². The Morgan fingerprint density at radius 3 is 2.61 bits per heavy atom. The van der Waals surface area contributed by atoms with Crippen molar-refractivity contribution in [1.29, 1.82) is 0 Å². The lowest BCUT2D eigenvalue weighted by Gasteiger charge is -2.18. The Bertz CT molecular complexity index is 370. The fraction of sp³-hybridized carbons (Fsp3) is 0.538. The summed E-state index contributed by atoms with van der Waals surface area (Å²) in [6.07, 6.45) is -0.558. The van der Waals surface area contributed by atoms with E-state index in [1.165, 1.54) is 0 Å². The lowest BCUT2D eigenvalue weighted by molar-refractivity contribution is 0.0630. The van der Waals surface area contributed by atoms with E-state index >= 15 is 0 Å². The summed E-state index contributed by atoms with van der Waals surface area (Å²) in [6, 6.07) is 5.09. The first kappa shape index (κ1) is 14.8. The van der Waals surface area contributed by atoms with Crippen LogP contribution in [-0.2, 0) is 4.74 Å². The van der Waals surface area contributed by atoms with Crippen molar-refractivity contribution in [2.45, 2.75) is 19.1 Å². The van der Waals surface area contributed by atoms with Crippen molar-refractivity contribution in [3.8, 4) is 11.5 Å². The van der Waals surface area contributed by atoms with Gasteiger partial charge in [0, 0.05) is 31.3 Å². The average molecular weight is 255 g/mol. The lowest BCUT2D eigenvalue weighted by atomic mass is 10.1. The minimum atomic E-state index is -0.558. The summed E-state index contributed by atoms with van der Waals surface area (Å²) in [5.41, 5.74) is 0.764. The number of phenols is 1. The minimum absolute atomic E-state index is 0.0672. The Balaban J connectivity index is 2.58. The maximum absolute atomic E-state index is 9.85. The number of ether oxygens (including phenoxy) is 2. The molecule has 0 saturated heterocycles. The largest absolute Gasteiger partial charge is 0.507 e. The number of aliphatic hydroxyl groups is 1. The van der Waals surface area contributed by atoms with E-state index in [0.717, 1.165) is 5.56 Å². The van der Waals surface area contributed by atoms with Crippen LogP contribution >= 0.6 is 0 Å². The third-order valence-corrected chi connectivity index (χ3v) is 2.72. The molecule has 0 amide bonds. The van der Waals surface area contributed by atoms with E-state index < -0.39 is 6.10 Å². The predicted molar refractivity (Wildman–Crippen MR) is 69.0 cm³/mol. The first-order chi connectivity index (χ1) is 8.58. The molecule has 0 aromatic heterocycles. The van der Waals surface area contributed by atoms with E-state index in [9.17, 15) is 10.2 Å². The quantitative estimate of drug-likeness (QED) is 0.679. The molecule has 1 rings (SSSR count). The Morgan fingerprint density at radius 2 is 2.06 bits per heavy atom. The van der Waals surface area contributed by atoms with Crippen LogP contribution in [0.25, 0.3) is 0 Å². The third-order valence-electron chi connectivity index (χ3n) is 2.72. The highest BCUT2D eigenvalue weighted by Crippen LogP contribution is 2.28. The normalized spacial score (nSPS) is 14.2. The van der Waals surface area contributed by atoms with Gasteiger partial charge in [0.15, 0.2) is 0 Å². The van der Waals surface area contributed by atoms with Crippen molar-refractivity contribution < 1.29 is 19.7 Å². The van der Waals surface area contributed by atoms with Crippen molar-refractivity contribution in [2.24, 2.45) is 0 Å². The fourth-order valence-electron chi connectivity index (χ4n) is 1.69. The predicted octanol–water partition coefficient (Wildman–Crippen LogP) is 1.06. The summed E-state index contributed by atoms with van der Waals surface area (Å²) in [7, 11) is 3.10. The van der Waals surface area contributed by atoms with Crippen molar-refractivity contribution in [3.63, 3.8) is 0 Å². The molecule has 18 heavy (non-hydrogen) atoms. The van der Waals surface area contributed by atoms with Crippen molar-refractivity contribution in [1.82, 2.24) is 5.32 Å². The number of nitrogens with one attached hydrogen (secondary N) is 1. The molecule has 2 atom stereocenters. The molecule has 1 aromatic carbocycles. The maximum Gasteiger partial charge on any atom is 0.124 e. The van der Waals surface area contributed by atoms with Gasteiger partial charge in [0.25, 0.3) is 0 Å². The molecule has 0 spiro atoms. The molecule has 0 bridgehead atoms. The zero-order valence-electron chi connectivity index (χ0n) is 11.0. The highest BCUT2D eigenvalue weighted by atomic mass is 16.5. The molecule has 0 aliphatic rings. The highest BCUT2D eigenvalue weighted by molar-refractivity contribution is 5.41. The zero-order valence-corrected chi connectivity index (χ0v) is 11.0. The number of aliphatic hydroxyl groups excluding tert-OH is 1. The number of hydrogen-bond acceptors (Lipinski definition) is 5. The summed E-state index contributed by atoms with van der Waals surface area (Å²) < 4.78 is 9.86. The molecule has 0 aliphatic heterocycles. The van der Waals surface area contributed by atoms with Crippen LogP contribution in [0.15, 0.2) is 18.2 Å². The van der Waals surface area contributed by atoms with Gasteiger partial charge in [0.2, 0.25) is 0 Å². The monoisotopic (exact) mass is 255 g/mol. The van der Waals surface area contributed by atoms with Crippen LogP contribution in [0.4, 0.5) is 0 Å². The summed E-state index contributed by atoms with van der Waals surface area (Å²) in [5.74, 6) is 0.790. The Kier molecular flexibility index (Phi) is 5.91. The second-order valence-electron chi connectivity index (χ2n) is 4.16. The van der Waals surface area contributed by atoms with Gasteiger partial charge in [-0.2, -0.15) is 0 Å². The first-order valence-corrected chi connectivity index (χ1v) is 5.85. The minimum Gasteiger partial charge on any atom is -0.507 e. The molecule has 1 aromatic rings.